The lowest BCUT2D eigenvalue weighted by Crippen LogP contribution is -2.30. The molecule has 0 bridgehead atoms. The van der Waals surface area contributed by atoms with Crippen LogP contribution in [-0.2, 0) is 15.3 Å². The highest BCUT2D eigenvalue weighted by Crippen LogP contribution is 2.37. The number of halogens is 1. The molecule has 0 aliphatic carbocycles. The number of anilines is 1. The second-order valence-electron chi connectivity index (χ2n) is 7.47. The second-order valence-corrected chi connectivity index (χ2v) is 8.82. The summed E-state index contributed by atoms with van der Waals surface area (Å²) < 4.78 is 7.29. The van der Waals surface area contributed by atoms with Gasteiger partial charge in [-0.15, -0.1) is 5.10 Å². The summed E-state index contributed by atoms with van der Waals surface area (Å²) in [4.78, 5) is 17.6. The van der Waals surface area contributed by atoms with Crippen LogP contribution >= 0.6 is 23.4 Å². The van der Waals surface area contributed by atoms with Crippen LogP contribution in [0.5, 0.6) is 0 Å². The summed E-state index contributed by atoms with van der Waals surface area (Å²) >= 11 is 7.78. The van der Waals surface area contributed by atoms with E-state index in [2.05, 4.69) is 10.3 Å². The summed E-state index contributed by atoms with van der Waals surface area (Å²) in [5.41, 5.74) is 3.19. The third kappa shape index (κ3) is 4.62. The summed E-state index contributed by atoms with van der Waals surface area (Å²) in [6.07, 6.45) is -0.219. The average Bonchev–Trinajstić information content (AvgIpc) is 3.14. The van der Waals surface area contributed by atoms with Crippen molar-refractivity contribution < 1.29 is 9.53 Å². The van der Waals surface area contributed by atoms with E-state index >= 15 is 0 Å². The van der Waals surface area contributed by atoms with Gasteiger partial charge in [0.2, 0.25) is 11.1 Å². The lowest BCUT2D eigenvalue weighted by atomic mass is 9.96. The zero-order valence-corrected chi connectivity index (χ0v) is 19.1. The summed E-state index contributed by atoms with van der Waals surface area (Å²) in [5.74, 6) is 0.878. The minimum atomic E-state index is -0.425. The maximum atomic E-state index is 13.0. The fourth-order valence-electron chi connectivity index (χ4n) is 3.44. The number of rotatable bonds is 6. The van der Waals surface area contributed by atoms with Gasteiger partial charge in [-0.1, -0.05) is 71.9 Å². The largest absolute Gasteiger partial charge is 0.459 e. The number of esters is 1. The van der Waals surface area contributed by atoms with Gasteiger partial charge in [-0.25, -0.2) is 9.48 Å². The number of nitrogens with zero attached hydrogens (tertiary/aromatic N) is 3. The van der Waals surface area contributed by atoms with Crippen molar-refractivity contribution in [3.8, 4) is 0 Å². The average molecular weight is 455 g/mol. The molecule has 0 radical (unpaired) electrons. The number of carbonyl (C=O) groups is 1. The maximum Gasteiger partial charge on any atom is 0.338 e. The molecule has 8 heteroatoms. The molecule has 2 aromatic carbocycles. The molecule has 6 nitrogen and oxygen atoms in total. The van der Waals surface area contributed by atoms with E-state index < -0.39 is 6.04 Å². The fourth-order valence-corrected chi connectivity index (χ4v) is 4.55. The van der Waals surface area contributed by atoms with Crippen molar-refractivity contribution in [2.45, 2.75) is 43.8 Å². The number of hydrogen-bond donors (Lipinski definition) is 1. The van der Waals surface area contributed by atoms with Gasteiger partial charge in [0.15, 0.2) is 0 Å². The van der Waals surface area contributed by atoms with E-state index in [0.717, 1.165) is 16.1 Å². The Morgan fingerprint density at radius 2 is 1.90 bits per heavy atom. The zero-order chi connectivity index (χ0) is 22.0. The smallest absolute Gasteiger partial charge is 0.338 e. The predicted molar refractivity (Wildman–Crippen MR) is 123 cm³/mol. The number of fused-ring (bicyclic) bond motifs is 1. The summed E-state index contributed by atoms with van der Waals surface area (Å²) in [6, 6.07) is 17.1. The molecule has 0 amide bonds. The highest BCUT2D eigenvalue weighted by molar-refractivity contribution is 7.98. The van der Waals surface area contributed by atoms with Crippen molar-refractivity contribution in [1.82, 2.24) is 14.8 Å². The van der Waals surface area contributed by atoms with Crippen molar-refractivity contribution in [1.29, 1.82) is 0 Å². The maximum absolute atomic E-state index is 13.0. The van der Waals surface area contributed by atoms with Crippen LogP contribution in [0, 0.1) is 0 Å². The van der Waals surface area contributed by atoms with Crippen molar-refractivity contribution in [3.63, 3.8) is 0 Å². The number of ether oxygens (including phenoxy) is 1. The normalized spacial score (nSPS) is 15.6. The van der Waals surface area contributed by atoms with Crippen LogP contribution in [0.1, 0.15) is 37.9 Å². The number of thioether (sulfide) groups is 1. The molecule has 1 atom stereocenters. The Hall–Kier alpha value is -2.77. The molecule has 1 aromatic heterocycles. The van der Waals surface area contributed by atoms with E-state index in [4.69, 9.17) is 21.4 Å². The summed E-state index contributed by atoms with van der Waals surface area (Å²) in [6.45, 7) is 5.54. The highest BCUT2D eigenvalue weighted by atomic mass is 35.5. The Morgan fingerprint density at radius 3 is 2.61 bits per heavy atom. The van der Waals surface area contributed by atoms with Gasteiger partial charge < -0.3 is 10.1 Å². The number of benzene rings is 2. The molecule has 1 unspecified atom stereocenters. The van der Waals surface area contributed by atoms with Gasteiger partial charge in [-0.3, -0.25) is 0 Å². The van der Waals surface area contributed by atoms with Crippen LogP contribution in [0.4, 0.5) is 5.95 Å². The molecule has 1 N–H and O–H groups in total. The van der Waals surface area contributed by atoms with Crippen LogP contribution in [0.25, 0.3) is 0 Å². The molecule has 1 aliphatic heterocycles. The SMILES string of the molecule is CC1=C(C(=O)OC(C)C)C(c2ccccc2)n2nc(SCc3ccccc3Cl)nc2N1. The first-order valence-electron chi connectivity index (χ1n) is 10.0. The number of hydrogen-bond acceptors (Lipinski definition) is 6. The van der Waals surface area contributed by atoms with Gasteiger partial charge in [0.05, 0.1) is 11.7 Å². The Balaban J connectivity index is 1.68. The Labute approximate surface area is 190 Å². The van der Waals surface area contributed by atoms with E-state index in [1.54, 1.807) is 4.68 Å². The Kier molecular flexibility index (Phi) is 6.34. The van der Waals surface area contributed by atoms with Gasteiger partial charge in [-0.05, 0) is 38.0 Å². The number of nitrogens with one attached hydrogen (secondary N) is 1. The van der Waals surface area contributed by atoms with Crippen LogP contribution < -0.4 is 5.32 Å². The second kappa shape index (κ2) is 9.16. The van der Waals surface area contributed by atoms with Crippen LogP contribution in [0.2, 0.25) is 5.02 Å². The molecule has 2 heterocycles. The quantitative estimate of drug-likeness (QED) is 0.393. The first-order valence-corrected chi connectivity index (χ1v) is 11.4. The van der Waals surface area contributed by atoms with Crippen LogP contribution in [-0.4, -0.2) is 26.8 Å². The first-order chi connectivity index (χ1) is 14.9. The molecule has 0 saturated carbocycles. The van der Waals surface area contributed by atoms with Gasteiger partial charge in [0, 0.05) is 16.5 Å². The molecular weight excluding hydrogens is 432 g/mol. The van der Waals surface area contributed by atoms with Gasteiger partial charge >= 0.3 is 5.97 Å². The van der Waals surface area contributed by atoms with Crippen molar-refractivity contribution in [2.75, 3.05) is 5.32 Å². The fraction of sp³-hybridized carbons (Fsp3) is 0.261. The van der Waals surface area contributed by atoms with Gasteiger partial charge in [0.1, 0.15) is 6.04 Å². The van der Waals surface area contributed by atoms with Gasteiger partial charge in [0.25, 0.3) is 0 Å². The zero-order valence-electron chi connectivity index (χ0n) is 17.5. The van der Waals surface area contributed by atoms with Crippen molar-refractivity contribution in [2.24, 2.45) is 0 Å². The number of allylic oxidation sites excluding steroid dienone is 1. The standard InChI is InChI=1S/C23H23ClN4O2S/c1-14(2)30-21(29)19-15(3)25-22-26-23(31-13-17-11-7-8-12-18(17)24)27-28(22)20(19)16-9-5-4-6-10-16/h4-12,14,20H,13H2,1-3H3,(H,25,26,27). The third-order valence-electron chi connectivity index (χ3n) is 4.83. The van der Waals surface area contributed by atoms with Gasteiger partial charge in [-0.2, -0.15) is 4.98 Å². The molecule has 1 aliphatic rings. The summed E-state index contributed by atoms with van der Waals surface area (Å²) in [7, 11) is 0. The third-order valence-corrected chi connectivity index (χ3v) is 6.08. The van der Waals surface area contributed by atoms with E-state index in [9.17, 15) is 4.79 Å². The van der Waals surface area contributed by atoms with Crippen LogP contribution in [0.3, 0.4) is 0 Å². The first kappa shape index (κ1) is 21.5. The lowest BCUT2D eigenvalue weighted by molar-refractivity contribution is -0.143. The molecule has 4 rings (SSSR count). The highest BCUT2D eigenvalue weighted by Gasteiger charge is 2.35. The molecule has 160 valence electrons. The molecule has 0 spiro atoms. The lowest BCUT2D eigenvalue weighted by Gasteiger charge is -2.28. The van der Waals surface area contributed by atoms with E-state index in [1.807, 2.05) is 75.4 Å². The number of aromatic nitrogens is 3. The predicted octanol–water partition coefficient (Wildman–Crippen LogP) is 5.46. The monoisotopic (exact) mass is 454 g/mol. The van der Waals surface area contributed by atoms with Crippen molar-refractivity contribution >= 4 is 35.3 Å². The molecular formula is C23H23ClN4O2S. The molecule has 0 saturated heterocycles. The minimum Gasteiger partial charge on any atom is -0.459 e. The minimum absolute atomic E-state index is 0.219. The van der Waals surface area contributed by atoms with E-state index in [1.165, 1.54) is 11.8 Å². The number of carbonyl (C=O) groups excluding carboxylic acids is 1. The molecule has 0 fully saturated rings. The topological polar surface area (TPSA) is 69.0 Å². The summed E-state index contributed by atoms with van der Waals surface area (Å²) in [5, 5.41) is 9.27. The van der Waals surface area contributed by atoms with E-state index in [0.29, 0.717) is 28.1 Å². The molecule has 3 aromatic rings. The van der Waals surface area contributed by atoms with Crippen LogP contribution in [0.15, 0.2) is 71.0 Å². The van der Waals surface area contributed by atoms with E-state index in [-0.39, 0.29) is 12.1 Å². The Bertz CT molecular complexity index is 1130. The Morgan fingerprint density at radius 1 is 1.19 bits per heavy atom. The van der Waals surface area contributed by atoms with Crippen molar-refractivity contribution in [3.05, 3.63) is 82.0 Å². The molecule has 31 heavy (non-hydrogen) atoms.